The molecule has 1 aromatic heterocycles. The standard InChI is InChI=1S/C15H18BrN3O4S/c1-3-24(22,23)12-4-5-14(20)13(6-12)18-15(21)10(2)8-19-9-11(16)7-17-19/h4-7,9-10,20H,3,8H2,1-2H3,(H,18,21). The predicted octanol–water partition coefficient (Wildman–Crippen LogP) is 2.42. The van der Waals surface area contributed by atoms with Gasteiger partial charge in [0.15, 0.2) is 9.84 Å². The molecule has 0 saturated carbocycles. The fourth-order valence-corrected chi connectivity index (χ4v) is 3.27. The molecule has 2 N–H and O–H groups in total. The van der Waals surface area contributed by atoms with E-state index >= 15 is 0 Å². The third-order valence-corrected chi connectivity index (χ3v) is 5.62. The van der Waals surface area contributed by atoms with Gasteiger partial charge < -0.3 is 10.4 Å². The van der Waals surface area contributed by atoms with Crippen molar-refractivity contribution in [2.45, 2.75) is 25.3 Å². The largest absolute Gasteiger partial charge is 0.506 e. The lowest BCUT2D eigenvalue weighted by Gasteiger charge is -2.14. The van der Waals surface area contributed by atoms with Gasteiger partial charge in [-0.25, -0.2) is 8.42 Å². The van der Waals surface area contributed by atoms with Crippen LogP contribution in [0.5, 0.6) is 5.75 Å². The van der Waals surface area contributed by atoms with Crippen LogP contribution >= 0.6 is 15.9 Å². The second kappa shape index (κ2) is 7.35. The second-order valence-corrected chi connectivity index (χ2v) is 8.55. The molecule has 1 heterocycles. The highest BCUT2D eigenvalue weighted by molar-refractivity contribution is 9.10. The van der Waals surface area contributed by atoms with Gasteiger partial charge in [-0.15, -0.1) is 0 Å². The van der Waals surface area contributed by atoms with Gasteiger partial charge in [0.2, 0.25) is 5.91 Å². The van der Waals surface area contributed by atoms with Crippen LogP contribution in [0.25, 0.3) is 0 Å². The number of nitrogens with one attached hydrogen (secondary N) is 1. The van der Waals surface area contributed by atoms with Crippen LogP contribution in [-0.4, -0.2) is 35.0 Å². The van der Waals surface area contributed by atoms with Crippen molar-refractivity contribution in [3.05, 3.63) is 35.1 Å². The minimum Gasteiger partial charge on any atom is -0.506 e. The van der Waals surface area contributed by atoms with Crippen molar-refractivity contribution in [3.8, 4) is 5.75 Å². The molecule has 0 spiro atoms. The maximum atomic E-state index is 12.3. The molecule has 1 amide bonds. The van der Waals surface area contributed by atoms with Crippen molar-refractivity contribution < 1.29 is 18.3 Å². The Hall–Kier alpha value is -1.87. The molecule has 1 aromatic carbocycles. The molecule has 1 unspecified atom stereocenters. The van der Waals surface area contributed by atoms with E-state index in [-0.39, 0.29) is 28.0 Å². The monoisotopic (exact) mass is 415 g/mol. The zero-order valence-electron chi connectivity index (χ0n) is 13.2. The third-order valence-electron chi connectivity index (χ3n) is 3.48. The number of hydrogen-bond acceptors (Lipinski definition) is 5. The zero-order chi connectivity index (χ0) is 17.9. The molecule has 0 radical (unpaired) electrons. The molecule has 0 aliphatic rings. The summed E-state index contributed by atoms with van der Waals surface area (Å²) in [5.41, 5.74) is 0.0722. The molecule has 7 nitrogen and oxygen atoms in total. The average Bonchev–Trinajstić information content (AvgIpc) is 2.94. The van der Waals surface area contributed by atoms with Crippen molar-refractivity contribution in [2.75, 3.05) is 11.1 Å². The van der Waals surface area contributed by atoms with Crippen molar-refractivity contribution >= 4 is 37.4 Å². The highest BCUT2D eigenvalue weighted by Gasteiger charge is 2.18. The van der Waals surface area contributed by atoms with E-state index in [0.717, 1.165) is 4.47 Å². The van der Waals surface area contributed by atoms with Crippen molar-refractivity contribution in [3.63, 3.8) is 0 Å². The number of carbonyl (C=O) groups excluding carboxylic acids is 1. The van der Waals surface area contributed by atoms with E-state index in [1.54, 1.807) is 24.0 Å². The molecule has 0 fully saturated rings. The molecule has 2 aromatic rings. The van der Waals surface area contributed by atoms with Gasteiger partial charge in [0.25, 0.3) is 0 Å². The quantitative estimate of drug-likeness (QED) is 0.705. The molecular formula is C15H18BrN3O4S. The number of rotatable bonds is 6. The first-order valence-corrected chi connectivity index (χ1v) is 9.72. The smallest absolute Gasteiger partial charge is 0.229 e. The van der Waals surface area contributed by atoms with E-state index < -0.39 is 15.8 Å². The molecule has 0 aliphatic heterocycles. The maximum absolute atomic E-state index is 12.3. The molecule has 9 heteroatoms. The van der Waals surface area contributed by atoms with Gasteiger partial charge >= 0.3 is 0 Å². The minimum absolute atomic E-state index is 0.0572. The number of carbonyl (C=O) groups is 1. The second-order valence-electron chi connectivity index (χ2n) is 5.35. The predicted molar refractivity (Wildman–Crippen MR) is 93.6 cm³/mol. The van der Waals surface area contributed by atoms with Crippen LogP contribution in [0.1, 0.15) is 13.8 Å². The van der Waals surface area contributed by atoms with Crippen LogP contribution in [0.3, 0.4) is 0 Å². The Morgan fingerprint density at radius 1 is 1.46 bits per heavy atom. The van der Waals surface area contributed by atoms with Crippen LogP contribution in [0.4, 0.5) is 5.69 Å². The average molecular weight is 416 g/mol. The number of hydrogen-bond donors (Lipinski definition) is 2. The number of nitrogens with zero attached hydrogens (tertiary/aromatic N) is 2. The molecule has 1 atom stereocenters. The number of sulfone groups is 1. The molecule has 24 heavy (non-hydrogen) atoms. The van der Waals surface area contributed by atoms with Gasteiger partial charge in [-0.05, 0) is 34.1 Å². The number of anilines is 1. The molecule has 0 bridgehead atoms. The number of phenols is 1. The van der Waals surface area contributed by atoms with Crippen LogP contribution < -0.4 is 5.32 Å². The molecule has 2 rings (SSSR count). The van der Waals surface area contributed by atoms with Gasteiger partial charge in [0.05, 0.1) is 39.5 Å². The first-order chi connectivity index (χ1) is 11.2. The van der Waals surface area contributed by atoms with Crippen molar-refractivity contribution in [1.29, 1.82) is 0 Å². The lowest BCUT2D eigenvalue weighted by Crippen LogP contribution is -2.24. The summed E-state index contributed by atoms with van der Waals surface area (Å²) in [7, 11) is -3.42. The molecule has 0 aliphatic carbocycles. The van der Waals surface area contributed by atoms with Gasteiger partial charge in [0.1, 0.15) is 5.75 Å². The highest BCUT2D eigenvalue weighted by Crippen LogP contribution is 2.27. The fraction of sp³-hybridized carbons (Fsp3) is 0.333. The number of amides is 1. The minimum atomic E-state index is -3.42. The third kappa shape index (κ3) is 4.35. The van der Waals surface area contributed by atoms with E-state index in [9.17, 15) is 18.3 Å². The molecule has 130 valence electrons. The Bertz CT molecular complexity index is 848. The summed E-state index contributed by atoms with van der Waals surface area (Å²) >= 11 is 3.28. The van der Waals surface area contributed by atoms with Crippen LogP contribution in [0, 0.1) is 5.92 Å². The van der Waals surface area contributed by atoms with Crippen LogP contribution in [0.2, 0.25) is 0 Å². The van der Waals surface area contributed by atoms with Gasteiger partial charge in [-0.1, -0.05) is 13.8 Å². The van der Waals surface area contributed by atoms with E-state index in [0.29, 0.717) is 6.54 Å². The van der Waals surface area contributed by atoms with Crippen LogP contribution in [0.15, 0.2) is 40.0 Å². The number of halogens is 1. The lowest BCUT2D eigenvalue weighted by atomic mass is 10.1. The van der Waals surface area contributed by atoms with Crippen LogP contribution in [-0.2, 0) is 21.2 Å². The van der Waals surface area contributed by atoms with Gasteiger partial charge in [-0.3, -0.25) is 9.48 Å². The summed E-state index contributed by atoms with van der Waals surface area (Å²) in [6, 6.07) is 3.84. The summed E-state index contributed by atoms with van der Waals surface area (Å²) in [6.45, 7) is 3.60. The van der Waals surface area contributed by atoms with Crippen molar-refractivity contribution in [1.82, 2.24) is 9.78 Å². The number of phenolic OH excluding ortho intramolecular Hbond substituents is 1. The fourth-order valence-electron chi connectivity index (χ4n) is 2.03. The summed E-state index contributed by atoms with van der Waals surface area (Å²) in [6.07, 6.45) is 3.37. The maximum Gasteiger partial charge on any atom is 0.229 e. The Morgan fingerprint density at radius 2 is 2.17 bits per heavy atom. The summed E-state index contributed by atoms with van der Waals surface area (Å²) in [5, 5.41) is 16.5. The topological polar surface area (TPSA) is 101 Å². The Kier molecular flexibility index (Phi) is 5.66. The Labute approximate surface area is 148 Å². The van der Waals surface area contributed by atoms with Crippen molar-refractivity contribution in [2.24, 2.45) is 5.92 Å². The van der Waals surface area contributed by atoms with Gasteiger partial charge in [0, 0.05) is 6.20 Å². The lowest BCUT2D eigenvalue weighted by molar-refractivity contribution is -0.119. The first-order valence-electron chi connectivity index (χ1n) is 7.27. The van der Waals surface area contributed by atoms with E-state index in [4.69, 9.17) is 0 Å². The van der Waals surface area contributed by atoms with Gasteiger partial charge in [-0.2, -0.15) is 5.10 Å². The summed E-state index contributed by atoms with van der Waals surface area (Å²) in [4.78, 5) is 12.3. The SMILES string of the molecule is CCS(=O)(=O)c1ccc(O)c(NC(=O)C(C)Cn2cc(Br)cn2)c1. The number of aromatic nitrogens is 2. The summed E-state index contributed by atoms with van der Waals surface area (Å²) in [5.74, 6) is -1.02. The zero-order valence-corrected chi connectivity index (χ0v) is 15.6. The molecular weight excluding hydrogens is 398 g/mol. The normalized spacial score (nSPS) is 12.8. The highest BCUT2D eigenvalue weighted by atomic mass is 79.9. The first kappa shape index (κ1) is 18.5. The Morgan fingerprint density at radius 3 is 2.75 bits per heavy atom. The Balaban J connectivity index is 2.14. The summed E-state index contributed by atoms with van der Waals surface area (Å²) < 4.78 is 26.3. The van der Waals surface area contributed by atoms with E-state index in [1.165, 1.54) is 25.1 Å². The number of aromatic hydroxyl groups is 1. The molecule has 0 saturated heterocycles. The van der Waals surface area contributed by atoms with E-state index in [2.05, 4.69) is 26.3 Å². The number of benzene rings is 1. The van der Waals surface area contributed by atoms with E-state index in [1.807, 2.05) is 0 Å².